The summed E-state index contributed by atoms with van der Waals surface area (Å²) in [6.07, 6.45) is 3.42. The molecule has 0 aliphatic rings. The van der Waals surface area contributed by atoms with E-state index in [1.807, 2.05) is 0 Å². The molecule has 0 aliphatic carbocycles. The molecular formula is C12H22. The van der Waals surface area contributed by atoms with Crippen LogP contribution >= 0.6 is 0 Å². The summed E-state index contributed by atoms with van der Waals surface area (Å²) in [5.41, 5.74) is 0.894. The van der Waals surface area contributed by atoms with E-state index in [2.05, 4.69) is 48.1 Å². The van der Waals surface area contributed by atoms with Crippen molar-refractivity contribution in [1.82, 2.24) is 0 Å². The second kappa shape index (κ2) is 22.4. The molecule has 0 rings (SSSR count). The van der Waals surface area contributed by atoms with Gasteiger partial charge in [-0.25, -0.2) is 0 Å². The van der Waals surface area contributed by atoms with Gasteiger partial charge in [0.15, 0.2) is 0 Å². The van der Waals surface area contributed by atoms with Crippen molar-refractivity contribution in [1.29, 1.82) is 0 Å². The minimum Gasteiger partial charge on any atom is -0.339 e. The first-order chi connectivity index (χ1) is 5.60. The molecule has 0 unspecified atom stereocenters. The zero-order chi connectivity index (χ0) is 10.4. The molecule has 0 nitrogen and oxygen atoms in total. The Morgan fingerprint density at radius 3 is 1.33 bits per heavy atom. The van der Waals surface area contributed by atoms with Crippen LogP contribution in [0.25, 0.3) is 0 Å². The van der Waals surface area contributed by atoms with Crippen LogP contribution in [0.1, 0.15) is 25.7 Å². The molecule has 0 spiro atoms. The lowest BCUT2D eigenvalue weighted by molar-refractivity contribution is 1.05. The molecule has 0 atom stereocenters. The van der Waals surface area contributed by atoms with Crippen LogP contribution in [-0.2, 0) is 0 Å². The minimum absolute atomic E-state index is 0.750. The fourth-order valence-electron chi connectivity index (χ4n) is 0. The second-order valence-electron chi connectivity index (χ2n) is 2.06. The van der Waals surface area contributed by atoms with Crippen molar-refractivity contribution in [2.75, 3.05) is 0 Å². The van der Waals surface area contributed by atoms with Crippen molar-refractivity contribution in [2.45, 2.75) is 25.7 Å². The lowest BCUT2D eigenvalue weighted by Gasteiger charge is -1.78. The highest BCUT2D eigenvalue weighted by molar-refractivity contribution is 4.97. The molecule has 0 aromatic heterocycles. The first-order valence-corrected chi connectivity index (χ1v) is 4.06. The lowest BCUT2D eigenvalue weighted by Crippen LogP contribution is -1.60. The highest BCUT2D eigenvalue weighted by atomic mass is 13.7. The van der Waals surface area contributed by atoms with Crippen LogP contribution < -0.4 is 0 Å². The average Bonchev–Trinajstić information content (AvgIpc) is 2.06. The first-order valence-electron chi connectivity index (χ1n) is 4.06. The van der Waals surface area contributed by atoms with Crippen LogP contribution in [0.2, 0.25) is 0 Å². The van der Waals surface area contributed by atoms with Crippen molar-refractivity contribution in [3.63, 3.8) is 0 Å². The van der Waals surface area contributed by atoms with Gasteiger partial charge in [-0.05, 0) is 6.42 Å². The molecule has 0 heterocycles. The van der Waals surface area contributed by atoms with Gasteiger partial charge < -0.3 is 13.8 Å². The first kappa shape index (κ1) is 17.4. The third-order valence-corrected chi connectivity index (χ3v) is 0.604. The highest BCUT2D eigenvalue weighted by Crippen LogP contribution is 1.87. The maximum Gasteiger partial charge on any atom is 0.0667 e. The van der Waals surface area contributed by atoms with Crippen molar-refractivity contribution in [3.05, 3.63) is 53.7 Å². The smallest absolute Gasteiger partial charge is 0.0667 e. The molecular weight excluding hydrogens is 144 g/mol. The van der Waals surface area contributed by atoms with Crippen LogP contribution in [0.5, 0.6) is 0 Å². The van der Waals surface area contributed by atoms with Gasteiger partial charge in [-0.2, -0.15) is 0 Å². The van der Waals surface area contributed by atoms with Gasteiger partial charge in [0, 0.05) is 20.4 Å². The fourth-order valence-corrected chi connectivity index (χ4v) is 0. The molecule has 0 fully saturated rings. The standard InChI is InChI=1S/C5H8.C4H8.C3H6/c1-4-5(2)3;1-3-4-2;1-3-2/h1-4H2;1-4H2;1-3H2. The average molecular weight is 166 g/mol. The van der Waals surface area contributed by atoms with Crippen LogP contribution in [-0.4, -0.2) is 0 Å². The Morgan fingerprint density at radius 1 is 1.17 bits per heavy atom. The maximum atomic E-state index is 3.54. The van der Waals surface area contributed by atoms with Gasteiger partial charge in [-0.15, -0.1) is 12.8 Å². The molecule has 0 aliphatic heterocycles. The maximum absolute atomic E-state index is 3.54. The van der Waals surface area contributed by atoms with Gasteiger partial charge in [-0.3, -0.25) is 6.92 Å². The normalized spacial score (nSPS) is 6.92. The van der Waals surface area contributed by atoms with Crippen molar-refractivity contribution in [2.24, 2.45) is 0 Å². The summed E-state index contributed by atoms with van der Waals surface area (Å²) in [6, 6.07) is 0. The van der Waals surface area contributed by atoms with E-state index >= 15 is 0 Å². The SMILES string of the molecule is C=C([CH2+])C[CH2-].[CH2+]CC[CH2-].[CH2+]C[CH2-]. The Bertz CT molecular complexity index is 60.4. The van der Waals surface area contributed by atoms with Crippen LogP contribution in [0, 0.1) is 41.5 Å². The van der Waals surface area contributed by atoms with E-state index in [1.54, 1.807) is 0 Å². The molecule has 0 amide bonds. The molecule has 70 valence electrons. The van der Waals surface area contributed by atoms with Gasteiger partial charge in [0.05, 0.1) is 18.9 Å². The minimum atomic E-state index is 0.750. The number of rotatable bonds is 2. The van der Waals surface area contributed by atoms with E-state index < -0.39 is 0 Å². The molecule has 0 aromatic carbocycles. The summed E-state index contributed by atoms with van der Waals surface area (Å²) < 4.78 is 0. The topological polar surface area (TPSA) is 0 Å². The van der Waals surface area contributed by atoms with Gasteiger partial charge in [-0.1, -0.05) is 0 Å². The molecule has 0 aromatic rings. The predicted octanol–water partition coefficient (Wildman–Crippen LogP) is 4.08. The number of unbranched alkanes of at least 4 members (excludes halogenated alkanes) is 1. The molecule has 12 heavy (non-hydrogen) atoms. The second-order valence-corrected chi connectivity index (χ2v) is 2.06. The Labute approximate surface area is 80.1 Å². The Hall–Kier alpha value is -0.650. The molecule has 0 heteroatoms. The van der Waals surface area contributed by atoms with E-state index in [0.717, 1.165) is 31.3 Å². The molecule has 0 N–H and O–H groups in total. The predicted molar refractivity (Wildman–Crippen MR) is 59.8 cm³/mol. The van der Waals surface area contributed by atoms with Crippen LogP contribution in [0.4, 0.5) is 0 Å². The number of hydrogen-bond acceptors (Lipinski definition) is 0. The summed E-state index contributed by atoms with van der Waals surface area (Å²) in [5, 5.41) is 0. The van der Waals surface area contributed by atoms with Gasteiger partial charge in [0.25, 0.3) is 0 Å². The van der Waals surface area contributed by atoms with Crippen LogP contribution in [0.15, 0.2) is 12.2 Å². The van der Waals surface area contributed by atoms with Gasteiger partial charge in [0.2, 0.25) is 0 Å². The summed E-state index contributed by atoms with van der Waals surface area (Å²) in [5.74, 6) is 0. The van der Waals surface area contributed by atoms with E-state index in [0.29, 0.717) is 0 Å². The van der Waals surface area contributed by atoms with Crippen molar-refractivity contribution >= 4 is 0 Å². The zero-order valence-corrected chi connectivity index (χ0v) is 8.28. The third-order valence-electron chi connectivity index (χ3n) is 0.604. The molecule has 0 radical (unpaired) electrons. The Balaban J connectivity index is -0.000000105. The molecule has 0 bridgehead atoms. The Kier molecular flexibility index (Phi) is 32.6. The van der Waals surface area contributed by atoms with Crippen molar-refractivity contribution < 1.29 is 0 Å². The molecule has 0 saturated carbocycles. The summed E-state index contributed by atoms with van der Waals surface area (Å²) in [6.45, 7) is 24.4. The van der Waals surface area contributed by atoms with Crippen molar-refractivity contribution in [3.8, 4) is 0 Å². The monoisotopic (exact) mass is 166 g/mol. The molecule has 0 saturated heterocycles. The summed E-state index contributed by atoms with van der Waals surface area (Å²) >= 11 is 0. The summed E-state index contributed by atoms with van der Waals surface area (Å²) in [7, 11) is 0. The van der Waals surface area contributed by atoms with Gasteiger partial charge >= 0.3 is 0 Å². The Morgan fingerprint density at radius 2 is 1.33 bits per heavy atom. The third kappa shape index (κ3) is 118. The number of hydrogen-bond donors (Lipinski definition) is 0. The number of allylic oxidation sites excluding steroid dienone is 1. The van der Waals surface area contributed by atoms with E-state index in [-0.39, 0.29) is 0 Å². The van der Waals surface area contributed by atoms with Gasteiger partial charge in [0.1, 0.15) is 0 Å². The van der Waals surface area contributed by atoms with E-state index in [1.165, 1.54) is 0 Å². The fraction of sp³-hybridized carbons (Fsp3) is 0.333. The van der Waals surface area contributed by atoms with E-state index in [4.69, 9.17) is 0 Å². The zero-order valence-electron chi connectivity index (χ0n) is 8.28. The quantitative estimate of drug-likeness (QED) is 0.542. The highest BCUT2D eigenvalue weighted by Gasteiger charge is 1.71. The summed E-state index contributed by atoms with van der Waals surface area (Å²) in [4.78, 5) is 0. The largest absolute Gasteiger partial charge is 0.339 e. The van der Waals surface area contributed by atoms with E-state index in [9.17, 15) is 0 Å². The van der Waals surface area contributed by atoms with Crippen LogP contribution in [0.3, 0.4) is 0 Å². The lowest BCUT2D eigenvalue weighted by atomic mass is 10.3.